The third kappa shape index (κ3) is 5.14. The van der Waals surface area contributed by atoms with Crippen molar-refractivity contribution in [2.45, 2.75) is 0 Å². The molecule has 1 aliphatic carbocycles. The minimum atomic E-state index is -5.30. The van der Waals surface area contributed by atoms with Crippen LogP contribution in [0.4, 0.5) is 0 Å². The zero-order chi connectivity index (χ0) is 23.3. The Hall–Kier alpha value is 0.799. The van der Waals surface area contributed by atoms with Crippen molar-refractivity contribution in [1.82, 2.24) is 0 Å². The van der Waals surface area contributed by atoms with Crippen molar-refractivity contribution in [3.05, 3.63) is 0 Å². The van der Waals surface area contributed by atoms with Crippen LogP contribution < -0.4 is 40.9 Å². The number of carboxylic acid groups (broad SMARTS) is 8. The van der Waals surface area contributed by atoms with Crippen LogP contribution in [-0.2, 0) is 38.4 Å². The molecule has 2 atom stereocenters. The topological polar surface area (TPSA) is 321 Å². The summed E-state index contributed by atoms with van der Waals surface area (Å²) >= 11 is 0. The molecule has 0 radical (unpaired) electrons. The third-order valence-electron chi connectivity index (χ3n) is 4.83. The van der Waals surface area contributed by atoms with E-state index < -0.39 is 75.8 Å². The molecule has 1 rings (SSSR count). The molecule has 0 aromatic rings. The van der Waals surface area contributed by atoms with E-state index in [0.717, 1.165) is 0 Å². The van der Waals surface area contributed by atoms with Gasteiger partial charge in [0.25, 0.3) is 0 Å². The van der Waals surface area contributed by atoms with Gasteiger partial charge >= 0.3 is 151 Å². The van der Waals surface area contributed by atoms with Crippen molar-refractivity contribution in [1.29, 1.82) is 0 Å². The summed E-state index contributed by atoms with van der Waals surface area (Å²) in [6, 6.07) is 0. The van der Waals surface area contributed by atoms with Gasteiger partial charge in [-0.25, -0.2) is 0 Å². The molecule has 1 aliphatic rings. The van der Waals surface area contributed by atoms with Gasteiger partial charge in [-0.1, -0.05) is 0 Å². The largest absolute Gasteiger partial charge is 2.00 e. The third-order valence-corrected chi connectivity index (χ3v) is 4.83. The Bertz CT molecular complexity index is 797. The van der Waals surface area contributed by atoms with Crippen molar-refractivity contribution in [2.24, 2.45) is 28.1 Å². The van der Waals surface area contributed by atoms with E-state index in [1.165, 1.54) is 0 Å². The van der Waals surface area contributed by atoms with E-state index in [1.807, 2.05) is 0 Å². The smallest absolute Gasteiger partial charge is 0.550 e. The first-order valence-corrected chi connectivity index (χ1v) is 6.75. The second-order valence-corrected chi connectivity index (χ2v) is 5.71. The molecular weight excluding hydrogens is 572 g/mol. The van der Waals surface area contributed by atoms with E-state index in [0.29, 0.717) is 0 Å². The molecule has 20 heteroatoms. The summed E-state index contributed by atoms with van der Waals surface area (Å²) in [6.07, 6.45) is 0. The van der Waals surface area contributed by atoms with Gasteiger partial charge in [0.2, 0.25) is 0 Å². The minimum absolute atomic E-state index is 0. The maximum Gasteiger partial charge on any atom is 2.00 e. The fraction of sp³-hybridized carbons (Fsp3) is 0.385. The van der Waals surface area contributed by atoms with Gasteiger partial charge in [0, 0.05) is 23.8 Å². The molecular formula is C13H2Ca4O16. The first kappa shape index (κ1) is 40.9. The molecule has 0 aliphatic heterocycles. The van der Waals surface area contributed by atoms with E-state index in [4.69, 9.17) is 0 Å². The Morgan fingerprint density at radius 1 is 0.394 bits per heavy atom. The van der Waals surface area contributed by atoms with Gasteiger partial charge in [-0.3, -0.25) is 0 Å². The molecule has 33 heavy (non-hydrogen) atoms. The van der Waals surface area contributed by atoms with Crippen molar-refractivity contribution in [2.75, 3.05) is 0 Å². The monoisotopic (exact) mass is 574 g/mol. The summed E-state index contributed by atoms with van der Waals surface area (Å²) in [5.74, 6) is -36.8. The molecule has 1 saturated carbocycles. The van der Waals surface area contributed by atoms with Gasteiger partial charge in [0.1, 0.15) is 0 Å². The number of carbonyl (C=O) groups is 8. The zero-order valence-electron chi connectivity index (χ0n) is 16.0. The Kier molecular flexibility index (Phi) is 17.3. The number of hydrogen-bond acceptors (Lipinski definition) is 16. The summed E-state index contributed by atoms with van der Waals surface area (Å²) < 4.78 is 0. The minimum Gasteiger partial charge on any atom is -0.550 e. The van der Waals surface area contributed by atoms with Gasteiger partial charge in [0.15, 0.2) is 0 Å². The molecule has 0 bridgehead atoms. The van der Waals surface area contributed by atoms with E-state index in [-0.39, 0.29) is 151 Å². The van der Waals surface area contributed by atoms with Crippen molar-refractivity contribution in [3.8, 4) is 0 Å². The van der Waals surface area contributed by atoms with Crippen LogP contribution in [0, 0.1) is 28.1 Å². The fourth-order valence-electron chi connectivity index (χ4n) is 3.87. The normalized spacial score (nSPS) is 20.6. The number of hydrogen-bond donors (Lipinski definition) is 0. The van der Waals surface area contributed by atoms with Crippen molar-refractivity contribution < 1.29 is 79.2 Å². The molecule has 0 amide bonds. The van der Waals surface area contributed by atoms with Gasteiger partial charge in [-0.05, 0) is 0 Å². The van der Waals surface area contributed by atoms with Crippen LogP contribution in [0.5, 0.6) is 0 Å². The maximum absolute atomic E-state index is 11.6. The molecule has 0 spiro atoms. The summed E-state index contributed by atoms with van der Waals surface area (Å²) in [6.45, 7) is 0. The molecule has 1 fully saturated rings. The van der Waals surface area contributed by atoms with Crippen LogP contribution in [-0.4, -0.2) is 199 Å². The van der Waals surface area contributed by atoms with Crippen LogP contribution in [0.15, 0.2) is 0 Å². The first-order chi connectivity index (χ1) is 13.0. The molecule has 0 saturated heterocycles. The van der Waals surface area contributed by atoms with Crippen molar-refractivity contribution >= 4 is 199 Å². The SMILES string of the molecule is O=C([O-])C1C(C(=O)[O-])(C(=O)[O-])C(C(=O)[O-])C(C(=O)[O-])(C(=O)[O-])C1(C(=O)[O-])C(=O)[O-].[Ca+2].[Ca+2].[Ca+2].[Ca+2]. The first-order valence-electron chi connectivity index (χ1n) is 6.75. The van der Waals surface area contributed by atoms with Crippen LogP contribution in [0.2, 0.25) is 0 Å². The number of carboxylic acids is 8. The second kappa shape index (κ2) is 13.9. The molecule has 0 N–H and O–H groups in total. The average Bonchev–Trinajstić information content (AvgIpc) is 2.81. The molecule has 0 heterocycles. The quantitative estimate of drug-likeness (QED) is 0.192. The Morgan fingerprint density at radius 2 is 0.576 bits per heavy atom. The zero-order valence-corrected chi connectivity index (χ0v) is 24.8. The summed E-state index contributed by atoms with van der Waals surface area (Å²) in [4.78, 5) is 92.1. The van der Waals surface area contributed by atoms with Crippen molar-refractivity contribution in [3.63, 3.8) is 0 Å². The van der Waals surface area contributed by atoms with Crippen LogP contribution >= 0.6 is 0 Å². The van der Waals surface area contributed by atoms with Crippen LogP contribution in [0.3, 0.4) is 0 Å². The standard InChI is InChI=1S/C13H10O16.4Ca/c14-3(15)1-11(5(18)19,6(20)21)2(4(16)17)13(9(26)27,10(28)29)12(1,7(22)23)8(24)25;;;;/h1-2H,(H,14,15)(H,16,17)(H,18,19)(H,20,21)(H,22,23)(H,24,25)(H,26,27)(H,28,29);;;;/q;4*+2/p-8. The number of carbonyl (C=O) groups excluding carboxylic acids is 8. The van der Waals surface area contributed by atoms with E-state index in [9.17, 15) is 79.2 Å². The summed E-state index contributed by atoms with van der Waals surface area (Å²) in [7, 11) is 0. The average molecular weight is 574 g/mol. The van der Waals surface area contributed by atoms with Gasteiger partial charge in [0.05, 0.1) is 52.1 Å². The van der Waals surface area contributed by atoms with E-state index in [2.05, 4.69) is 0 Å². The Balaban J connectivity index is -0.00000105. The second-order valence-electron chi connectivity index (χ2n) is 5.71. The summed E-state index contributed by atoms with van der Waals surface area (Å²) in [5, 5.41) is 92.1. The predicted octanol–water partition coefficient (Wildman–Crippen LogP) is -15.3. The molecule has 0 aromatic carbocycles. The Labute approximate surface area is 300 Å². The van der Waals surface area contributed by atoms with Gasteiger partial charge in [-0.15, -0.1) is 0 Å². The van der Waals surface area contributed by atoms with Gasteiger partial charge in [-0.2, -0.15) is 0 Å². The molecule has 2 unspecified atom stereocenters. The van der Waals surface area contributed by atoms with E-state index >= 15 is 0 Å². The van der Waals surface area contributed by atoms with Gasteiger partial charge < -0.3 is 79.2 Å². The predicted molar refractivity (Wildman–Crippen MR) is 77.4 cm³/mol. The summed E-state index contributed by atoms with van der Waals surface area (Å²) in [5.41, 5.74) is -15.6. The van der Waals surface area contributed by atoms with Crippen LogP contribution in [0.1, 0.15) is 0 Å². The Morgan fingerprint density at radius 3 is 0.667 bits per heavy atom. The molecule has 16 nitrogen and oxygen atoms in total. The fourth-order valence-corrected chi connectivity index (χ4v) is 3.87. The molecule has 0 aromatic heterocycles. The van der Waals surface area contributed by atoms with E-state index in [1.54, 1.807) is 0 Å². The molecule has 158 valence electrons. The number of aliphatic carboxylic acids is 8. The number of rotatable bonds is 8. The van der Waals surface area contributed by atoms with Crippen LogP contribution in [0.25, 0.3) is 0 Å². The maximum atomic E-state index is 11.6.